The Hall–Kier alpha value is -2.06. The molecule has 0 saturated carbocycles. The van der Waals surface area contributed by atoms with Gasteiger partial charge in [-0.2, -0.15) is 0 Å². The Balaban J connectivity index is 2.44. The van der Waals surface area contributed by atoms with Crippen LogP contribution in [0.5, 0.6) is 0 Å². The number of hydrogen-bond donors (Lipinski definition) is 2. The zero-order chi connectivity index (χ0) is 14.8. The molecule has 0 bridgehead atoms. The van der Waals surface area contributed by atoms with E-state index in [0.29, 0.717) is 5.69 Å². The lowest BCUT2D eigenvalue weighted by atomic mass is 10.3. The molecule has 0 amide bonds. The highest BCUT2D eigenvalue weighted by atomic mass is 32.2. The molecule has 0 unspecified atom stereocenters. The number of aromatic nitrogens is 2. The molecule has 0 aromatic carbocycles. The van der Waals surface area contributed by atoms with Crippen molar-refractivity contribution < 1.29 is 8.42 Å². The van der Waals surface area contributed by atoms with Crippen LogP contribution in [-0.2, 0) is 10.0 Å². The van der Waals surface area contributed by atoms with Gasteiger partial charge in [0.25, 0.3) is 10.0 Å². The van der Waals surface area contributed by atoms with Crippen molar-refractivity contribution in [3.8, 4) is 0 Å². The SMILES string of the molecule is Cc1cncc(NS(=O)(=O)c2cccnc2C(N)=S)c1. The first-order valence-corrected chi connectivity index (χ1v) is 7.48. The van der Waals surface area contributed by atoms with Gasteiger partial charge in [0.1, 0.15) is 15.6 Å². The zero-order valence-corrected chi connectivity index (χ0v) is 12.2. The second kappa shape index (κ2) is 5.51. The summed E-state index contributed by atoms with van der Waals surface area (Å²) in [4.78, 5) is 7.69. The number of nitrogens with zero attached hydrogens (tertiary/aromatic N) is 2. The normalized spacial score (nSPS) is 11.1. The van der Waals surface area contributed by atoms with E-state index in [9.17, 15) is 8.42 Å². The summed E-state index contributed by atoms with van der Waals surface area (Å²) in [6.07, 6.45) is 4.48. The maximum atomic E-state index is 12.3. The molecule has 0 spiro atoms. The minimum atomic E-state index is -3.83. The molecule has 0 fully saturated rings. The van der Waals surface area contributed by atoms with E-state index < -0.39 is 10.0 Å². The largest absolute Gasteiger partial charge is 0.388 e. The summed E-state index contributed by atoms with van der Waals surface area (Å²) >= 11 is 4.81. The van der Waals surface area contributed by atoms with Crippen LogP contribution in [-0.4, -0.2) is 23.4 Å². The van der Waals surface area contributed by atoms with Crippen LogP contribution in [0.25, 0.3) is 0 Å². The van der Waals surface area contributed by atoms with Crippen LogP contribution in [0.4, 0.5) is 5.69 Å². The number of anilines is 1. The van der Waals surface area contributed by atoms with Crippen LogP contribution in [0.1, 0.15) is 11.3 Å². The second-order valence-corrected chi connectivity index (χ2v) is 6.16. The number of nitrogens with two attached hydrogens (primary N) is 1. The maximum Gasteiger partial charge on any atom is 0.264 e. The first kappa shape index (κ1) is 14.4. The average Bonchev–Trinajstić information content (AvgIpc) is 2.38. The lowest BCUT2D eigenvalue weighted by Crippen LogP contribution is -2.21. The van der Waals surface area contributed by atoms with E-state index >= 15 is 0 Å². The topological polar surface area (TPSA) is 98.0 Å². The van der Waals surface area contributed by atoms with Crippen molar-refractivity contribution in [3.63, 3.8) is 0 Å². The van der Waals surface area contributed by atoms with Gasteiger partial charge in [0.05, 0.1) is 11.9 Å². The molecule has 0 atom stereocenters. The molecule has 2 rings (SSSR count). The van der Waals surface area contributed by atoms with Crippen LogP contribution >= 0.6 is 12.2 Å². The molecule has 3 N–H and O–H groups in total. The van der Waals surface area contributed by atoms with Gasteiger partial charge in [-0.15, -0.1) is 0 Å². The molecule has 104 valence electrons. The number of sulfonamides is 1. The lowest BCUT2D eigenvalue weighted by Gasteiger charge is -2.10. The van der Waals surface area contributed by atoms with Crippen LogP contribution < -0.4 is 10.5 Å². The molecule has 0 radical (unpaired) electrons. The van der Waals surface area contributed by atoms with Crippen molar-refractivity contribution in [2.75, 3.05) is 4.72 Å². The van der Waals surface area contributed by atoms with Crippen LogP contribution in [0.15, 0.2) is 41.7 Å². The van der Waals surface area contributed by atoms with Crippen molar-refractivity contribution in [1.82, 2.24) is 9.97 Å². The van der Waals surface area contributed by atoms with Gasteiger partial charge in [-0.3, -0.25) is 14.7 Å². The summed E-state index contributed by atoms with van der Waals surface area (Å²) in [6.45, 7) is 1.81. The predicted molar refractivity (Wildman–Crippen MR) is 79.9 cm³/mol. The molecule has 8 heteroatoms. The molecule has 2 heterocycles. The Morgan fingerprint density at radius 1 is 1.40 bits per heavy atom. The summed E-state index contributed by atoms with van der Waals surface area (Å²) in [7, 11) is -3.83. The monoisotopic (exact) mass is 308 g/mol. The Bertz CT molecular complexity index is 760. The first-order valence-electron chi connectivity index (χ1n) is 5.59. The molecule has 0 aliphatic rings. The van der Waals surface area contributed by atoms with Gasteiger partial charge < -0.3 is 5.73 Å². The molecular formula is C12H12N4O2S2. The smallest absolute Gasteiger partial charge is 0.264 e. The summed E-state index contributed by atoms with van der Waals surface area (Å²) < 4.78 is 27.1. The number of aryl methyl sites for hydroxylation is 1. The van der Waals surface area contributed by atoms with E-state index in [1.807, 2.05) is 6.92 Å². The van der Waals surface area contributed by atoms with Crippen LogP contribution in [0.2, 0.25) is 0 Å². The van der Waals surface area contributed by atoms with E-state index in [-0.39, 0.29) is 15.6 Å². The fourth-order valence-corrected chi connectivity index (χ4v) is 3.05. The Kier molecular flexibility index (Phi) is 3.96. The van der Waals surface area contributed by atoms with Crippen LogP contribution in [0.3, 0.4) is 0 Å². The van der Waals surface area contributed by atoms with Crippen molar-refractivity contribution in [3.05, 3.63) is 48.0 Å². The van der Waals surface area contributed by atoms with Gasteiger partial charge in [0, 0.05) is 12.4 Å². The van der Waals surface area contributed by atoms with Gasteiger partial charge in [-0.1, -0.05) is 12.2 Å². The fraction of sp³-hybridized carbons (Fsp3) is 0.0833. The van der Waals surface area contributed by atoms with E-state index in [1.165, 1.54) is 24.5 Å². The molecule has 0 aliphatic heterocycles. The maximum absolute atomic E-state index is 12.3. The third-order valence-electron chi connectivity index (χ3n) is 2.42. The Labute approximate surface area is 122 Å². The molecular weight excluding hydrogens is 296 g/mol. The quantitative estimate of drug-likeness (QED) is 0.824. The number of rotatable bonds is 4. The molecule has 6 nitrogen and oxygen atoms in total. The highest BCUT2D eigenvalue weighted by molar-refractivity contribution is 7.93. The molecule has 0 saturated heterocycles. The second-order valence-electron chi connectivity index (χ2n) is 4.07. The summed E-state index contributed by atoms with van der Waals surface area (Å²) in [5.41, 5.74) is 6.76. The summed E-state index contributed by atoms with van der Waals surface area (Å²) in [5, 5.41) is 0. The van der Waals surface area contributed by atoms with Crippen molar-refractivity contribution >= 4 is 32.9 Å². The summed E-state index contributed by atoms with van der Waals surface area (Å²) in [5.74, 6) is 0. The Morgan fingerprint density at radius 3 is 2.80 bits per heavy atom. The van der Waals surface area contributed by atoms with Gasteiger partial charge in [-0.05, 0) is 30.7 Å². The van der Waals surface area contributed by atoms with Crippen molar-refractivity contribution in [2.24, 2.45) is 5.73 Å². The van der Waals surface area contributed by atoms with E-state index in [4.69, 9.17) is 18.0 Å². The molecule has 2 aromatic rings. The summed E-state index contributed by atoms with van der Waals surface area (Å²) in [6, 6.07) is 4.57. The lowest BCUT2D eigenvalue weighted by molar-refractivity contribution is 0.600. The third-order valence-corrected chi connectivity index (χ3v) is 4.03. The molecule has 0 aliphatic carbocycles. The van der Waals surface area contributed by atoms with Crippen molar-refractivity contribution in [2.45, 2.75) is 11.8 Å². The number of thiocarbonyl (C=S) groups is 1. The predicted octanol–water partition coefficient (Wildman–Crippen LogP) is 1.22. The van der Waals surface area contributed by atoms with Gasteiger partial charge >= 0.3 is 0 Å². The zero-order valence-electron chi connectivity index (χ0n) is 10.6. The van der Waals surface area contributed by atoms with Gasteiger partial charge in [0.2, 0.25) is 0 Å². The first-order chi connectivity index (χ1) is 9.40. The minimum absolute atomic E-state index is 0.0611. The third kappa shape index (κ3) is 3.09. The average molecular weight is 308 g/mol. The van der Waals surface area contributed by atoms with E-state index in [1.54, 1.807) is 12.3 Å². The number of pyridine rings is 2. The van der Waals surface area contributed by atoms with Gasteiger partial charge in [0.15, 0.2) is 0 Å². The molecule has 20 heavy (non-hydrogen) atoms. The van der Waals surface area contributed by atoms with E-state index in [2.05, 4.69) is 14.7 Å². The van der Waals surface area contributed by atoms with Gasteiger partial charge in [-0.25, -0.2) is 8.42 Å². The van der Waals surface area contributed by atoms with E-state index in [0.717, 1.165) is 5.56 Å². The fourth-order valence-electron chi connectivity index (χ4n) is 1.61. The van der Waals surface area contributed by atoms with Crippen molar-refractivity contribution in [1.29, 1.82) is 0 Å². The van der Waals surface area contributed by atoms with Crippen LogP contribution in [0, 0.1) is 6.92 Å². The number of nitrogens with one attached hydrogen (secondary N) is 1. The minimum Gasteiger partial charge on any atom is -0.388 e. The highest BCUT2D eigenvalue weighted by Crippen LogP contribution is 2.18. The number of hydrogen-bond acceptors (Lipinski definition) is 5. The Morgan fingerprint density at radius 2 is 2.15 bits per heavy atom. The molecule has 2 aromatic heterocycles. The standard InChI is InChI=1S/C12H12N4O2S2/c1-8-5-9(7-14-6-8)16-20(17,18)10-3-2-4-15-11(10)12(13)19/h2-7,16H,1H3,(H2,13,19). The highest BCUT2D eigenvalue weighted by Gasteiger charge is 2.20.